The van der Waals surface area contributed by atoms with Gasteiger partial charge in [0.25, 0.3) is 0 Å². The molecule has 1 aliphatic heterocycles. The average molecular weight is 303 g/mol. The van der Waals surface area contributed by atoms with Crippen LogP contribution >= 0.6 is 0 Å². The Hall–Kier alpha value is -2.97. The quantitative estimate of drug-likeness (QED) is 0.631. The maximum atomic E-state index is 12.4. The van der Waals surface area contributed by atoms with Gasteiger partial charge in [0.05, 0.1) is 4.92 Å². The van der Waals surface area contributed by atoms with Gasteiger partial charge in [0.2, 0.25) is 11.7 Å². The Morgan fingerprint density at radius 2 is 2.23 bits per heavy atom. The molecule has 0 radical (unpaired) electrons. The maximum absolute atomic E-state index is 12.4. The van der Waals surface area contributed by atoms with E-state index in [4.69, 9.17) is 5.73 Å². The summed E-state index contributed by atoms with van der Waals surface area (Å²) in [4.78, 5) is 40.1. The van der Waals surface area contributed by atoms with Gasteiger partial charge in [0.1, 0.15) is 11.7 Å². The first kappa shape index (κ1) is 14.0. The molecule has 2 aromatic rings. The maximum Gasteiger partial charge on any atom is 0.376 e. The second-order valence-electron chi connectivity index (χ2n) is 5.03. The Kier molecular flexibility index (Phi) is 3.24. The van der Waals surface area contributed by atoms with Crippen LogP contribution in [0, 0.1) is 10.1 Å². The van der Waals surface area contributed by atoms with Gasteiger partial charge in [-0.1, -0.05) is 6.07 Å². The lowest BCUT2D eigenvalue weighted by Crippen LogP contribution is -2.42. The second kappa shape index (κ2) is 5.10. The van der Waals surface area contributed by atoms with Crippen molar-refractivity contribution < 1.29 is 9.72 Å². The van der Waals surface area contributed by atoms with Crippen LogP contribution in [0.15, 0.2) is 29.2 Å². The Morgan fingerprint density at radius 1 is 1.45 bits per heavy atom. The predicted octanol–water partition coefficient (Wildman–Crippen LogP) is 0.0568. The van der Waals surface area contributed by atoms with Crippen molar-refractivity contribution >= 4 is 23.1 Å². The van der Waals surface area contributed by atoms with Crippen molar-refractivity contribution in [3.8, 4) is 0 Å². The SMILES string of the molecule is NC(=O)C1CCCN1c1nc2ccccn2c(=O)c1[N+](=O)[O-]. The molecule has 0 spiro atoms. The van der Waals surface area contributed by atoms with E-state index in [9.17, 15) is 19.7 Å². The molecule has 1 unspecified atom stereocenters. The van der Waals surface area contributed by atoms with E-state index in [1.54, 1.807) is 18.2 Å². The summed E-state index contributed by atoms with van der Waals surface area (Å²) in [6, 6.07) is 4.15. The average Bonchev–Trinajstić information content (AvgIpc) is 2.96. The Balaban J connectivity index is 2.28. The van der Waals surface area contributed by atoms with Gasteiger partial charge in [0, 0.05) is 12.7 Å². The van der Waals surface area contributed by atoms with Gasteiger partial charge in [-0.05, 0) is 25.0 Å². The van der Waals surface area contributed by atoms with E-state index in [-0.39, 0.29) is 11.5 Å². The predicted molar refractivity (Wildman–Crippen MR) is 77.7 cm³/mol. The van der Waals surface area contributed by atoms with Crippen LogP contribution in [0.2, 0.25) is 0 Å². The number of amides is 1. The molecule has 3 rings (SSSR count). The van der Waals surface area contributed by atoms with Gasteiger partial charge in [-0.3, -0.25) is 24.1 Å². The molecule has 114 valence electrons. The van der Waals surface area contributed by atoms with E-state index in [0.29, 0.717) is 19.4 Å². The number of pyridine rings is 1. The van der Waals surface area contributed by atoms with E-state index in [0.717, 1.165) is 4.40 Å². The molecular weight excluding hydrogens is 290 g/mol. The van der Waals surface area contributed by atoms with Gasteiger partial charge in [-0.25, -0.2) is 4.98 Å². The first-order valence-electron chi connectivity index (χ1n) is 6.72. The zero-order valence-electron chi connectivity index (χ0n) is 11.5. The lowest BCUT2D eigenvalue weighted by Gasteiger charge is -2.22. The van der Waals surface area contributed by atoms with Crippen molar-refractivity contribution in [3.63, 3.8) is 0 Å². The summed E-state index contributed by atoms with van der Waals surface area (Å²) in [5.41, 5.74) is 4.20. The molecule has 0 aromatic carbocycles. The minimum Gasteiger partial charge on any atom is -0.368 e. The van der Waals surface area contributed by atoms with E-state index in [2.05, 4.69) is 4.98 Å². The number of hydrogen-bond acceptors (Lipinski definition) is 6. The molecule has 1 aliphatic rings. The molecule has 9 heteroatoms. The minimum atomic E-state index is -0.777. The molecule has 0 saturated carbocycles. The lowest BCUT2D eigenvalue weighted by atomic mass is 10.2. The molecule has 2 N–H and O–H groups in total. The minimum absolute atomic E-state index is 0.0949. The van der Waals surface area contributed by atoms with Crippen LogP contribution in [-0.2, 0) is 4.79 Å². The number of carbonyl (C=O) groups excluding carboxylic acids is 1. The van der Waals surface area contributed by atoms with Crippen molar-refractivity contribution in [2.45, 2.75) is 18.9 Å². The summed E-state index contributed by atoms with van der Waals surface area (Å²) in [5.74, 6) is -0.677. The number of hydrogen-bond donors (Lipinski definition) is 1. The number of nitrogens with two attached hydrogens (primary N) is 1. The Bertz CT molecular complexity index is 831. The van der Waals surface area contributed by atoms with Crippen LogP contribution in [-0.4, -0.2) is 32.8 Å². The summed E-state index contributed by atoms with van der Waals surface area (Å²) in [7, 11) is 0. The fraction of sp³-hybridized carbons (Fsp3) is 0.308. The first-order chi connectivity index (χ1) is 10.5. The molecule has 22 heavy (non-hydrogen) atoms. The van der Waals surface area contributed by atoms with Gasteiger partial charge < -0.3 is 10.6 Å². The highest BCUT2D eigenvalue weighted by Gasteiger charge is 2.36. The summed E-state index contributed by atoms with van der Waals surface area (Å²) < 4.78 is 1.11. The first-order valence-corrected chi connectivity index (χ1v) is 6.72. The van der Waals surface area contributed by atoms with Gasteiger partial charge >= 0.3 is 11.2 Å². The smallest absolute Gasteiger partial charge is 0.368 e. The van der Waals surface area contributed by atoms with E-state index in [1.807, 2.05) is 0 Å². The van der Waals surface area contributed by atoms with Crippen LogP contribution in [0.1, 0.15) is 12.8 Å². The third-order valence-electron chi connectivity index (χ3n) is 3.73. The van der Waals surface area contributed by atoms with E-state index < -0.39 is 28.1 Å². The molecule has 1 amide bonds. The monoisotopic (exact) mass is 303 g/mol. The fourth-order valence-electron chi connectivity index (χ4n) is 2.74. The topological polar surface area (TPSA) is 124 Å². The van der Waals surface area contributed by atoms with Gasteiger partial charge in [-0.15, -0.1) is 0 Å². The van der Waals surface area contributed by atoms with Crippen LogP contribution < -0.4 is 16.2 Å². The molecule has 1 saturated heterocycles. The molecule has 1 atom stereocenters. The number of carbonyl (C=O) groups is 1. The molecule has 0 aliphatic carbocycles. The van der Waals surface area contributed by atoms with Crippen molar-refractivity contribution in [2.75, 3.05) is 11.4 Å². The van der Waals surface area contributed by atoms with Gasteiger partial charge in [-0.2, -0.15) is 0 Å². The van der Waals surface area contributed by atoms with E-state index in [1.165, 1.54) is 11.1 Å². The van der Waals surface area contributed by atoms with Crippen LogP contribution in [0.4, 0.5) is 11.5 Å². The lowest BCUT2D eigenvalue weighted by molar-refractivity contribution is -0.385. The molecule has 2 aromatic heterocycles. The normalized spacial score (nSPS) is 17.8. The molecular formula is C13H13N5O4. The summed E-state index contributed by atoms with van der Waals surface area (Å²) in [6.07, 6.45) is 2.56. The third kappa shape index (κ3) is 2.07. The number of nitrogens with zero attached hydrogens (tertiary/aromatic N) is 4. The number of anilines is 1. The standard InChI is InChI=1S/C13H13N5O4/c14-11(19)8-4-3-7-16(8)12-10(18(21)22)13(20)17-6-2-1-5-9(17)15-12/h1-2,5-6,8H,3-4,7H2,(H2,14,19). The number of nitro groups is 1. The second-order valence-corrected chi connectivity index (χ2v) is 5.03. The van der Waals surface area contributed by atoms with Crippen LogP contribution in [0.5, 0.6) is 0 Å². The van der Waals surface area contributed by atoms with Crippen molar-refractivity contribution in [1.82, 2.24) is 9.38 Å². The number of aromatic nitrogens is 2. The largest absolute Gasteiger partial charge is 0.376 e. The highest BCUT2D eigenvalue weighted by atomic mass is 16.6. The van der Waals surface area contributed by atoms with Crippen molar-refractivity contribution in [1.29, 1.82) is 0 Å². The van der Waals surface area contributed by atoms with Crippen molar-refractivity contribution in [2.24, 2.45) is 5.73 Å². The van der Waals surface area contributed by atoms with Crippen LogP contribution in [0.3, 0.4) is 0 Å². The summed E-state index contributed by atoms with van der Waals surface area (Å²) in [6.45, 7) is 0.393. The Morgan fingerprint density at radius 3 is 2.91 bits per heavy atom. The highest BCUT2D eigenvalue weighted by Crippen LogP contribution is 2.29. The number of fused-ring (bicyclic) bond motifs is 1. The molecule has 1 fully saturated rings. The summed E-state index contributed by atoms with van der Waals surface area (Å²) >= 11 is 0. The molecule has 0 bridgehead atoms. The number of rotatable bonds is 3. The van der Waals surface area contributed by atoms with Crippen LogP contribution in [0.25, 0.3) is 5.65 Å². The zero-order valence-corrected chi connectivity index (χ0v) is 11.5. The van der Waals surface area contributed by atoms with Crippen molar-refractivity contribution in [3.05, 3.63) is 44.9 Å². The van der Waals surface area contributed by atoms with E-state index >= 15 is 0 Å². The molecule has 3 heterocycles. The summed E-state index contributed by atoms with van der Waals surface area (Å²) in [5, 5.41) is 11.3. The zero-order chi connectivity index (χ0) is 15.9. The third-order valence-corrected chi connectivity index (χ3v) is 3.73. The Labute approximate surface area is 124 Å². The fourth-order valence-corrected chi connectivity index (χ4v) is 2.74. The highest BCUT2D eigenvalue weighted by molar-refractivity contribution is 5.85. The van der Waals surface area contributed by atoms with Gasteiger partial charge in [0.15, 0.2) is 0 Å². The number of primary amides is 1. The molecule has 9 nitrogen and oxygen atoms in total.